The normalized spacial score (nSPS) is 25.6. The molecule has 2 aliphatic heterocycles. The van der Waals surface area contributed by atoms with Crippen molar-refractivity contribution in [1.82, 2.24) is 60.5 Å². The lowest BCUT2D eigenvalue weighted by Crippen LogP contribution is -2.64. The van der Waals surface area contributed by atoms with E-state index >= 15 is 19.2 Å². The van der Waals surface area contributed by atoms with Gasteiger partial charge in [0.1, 0.15) is 60.4 Å². The van der Waals surface area contributed by atoms with E-state index in [0.29, 0.717) is 56.3 Å². The number of likely N-dealkylation sites (tertiary alicyclic amines) is 1. The van der Waals surface area contributed by atoms with Gasteiger partial charge in [-0.2, -0.15) is 0 Å². The summed E-state index contributed by atoms with van der Waals surface area (Å²) in [6.07, 6.45) is 0.215. The highest BCUT2D eigenvalue weighted by Crippen LogP contribution is 2.24. The summed E-state index contributed by atoms with van der Waals surface area (Å²) in [5, 5.41) is 34.7. The highest BCUT2D eigenvalue weighted by atomic mass is 16.3. The zero-order chi connectivity index (χ0) is 76.6. The zero-order valence-electron chi connectivity index (χ0n) is 64.1. The number of carbonyl (C=O) groups is 12. The molecule has 2 aromatic carbocycles. The van der Waals surface area contributed by atoms with Crippen LogP contribution in [0.2, 0.25) is 0 Å². The first-order valence-electron chi connectivity index (χ1n) is 36.8. The molecule has 2 aromatic rings. The number of nitrogens with zero attached hydrogens (tertiary/aromatic N) is 8. The van der Waals surface area contributed by atoms with Crippen molar-refractivity contribution in [3.05, 3.63) is 71.8 Å². The number of benzene rings is 2. The van der Waals surface area contributed by atoms with E-state index in [1.807, 2.05) is 41.5 Å². The summed E-state index contributed by atoms with van der Waals surface area (Å²) in [7, 11) is 9.91. The number of hydrogen-bond acceptors (Lipinski definition) is 14. The van der Waals surface area contributed by atoms with Crippen LogP contribution in [0.25, 0.3) is 0 Å². The van der Waals surface area contributed by atoms with Crippen LogP contribution in [0.15, 0.2) is 60.7 Å². The number of aliphatic hydroxyl groups excluding tert-OH is 2. The Kier molecular flexibility index (Phi) is 35.0. The first kappa shape index (κ1) is 86.4. The van der Waals surface area contributed by atoms with Crippen LogP contribution in [0.5, 0.6) is 0 Å². The van der Waals surface area contributed by atoms with E-state index in [0.717, 1.165) is 16.2 Å². The molecule has 2 fully saturated rings. The standard InChI is InChI=1S/C76H122N12O14/c1-19-21-36-61(90)66-76(102)86(17)58(43-49(7)8)69(95)79-65(52(11)89)75(101)82(13)51(10)71(97)84(15)57(42-48(5)6)67(93)77-55(72(98)88-39-29-24-30-40-88)46-63(92)81(12)38-31-37-62(91)83(14)56(41-47(3)4)68(94)78-64(50(9)20-2)74(100)87(18)60(45-54-34-27-23-28-35-54)73(99)85(16)59(70(96)80-66)44-53-32-25-22-26-33-53/h22-23,25-28,32-35,47-52,55-61,64-66,89-90H,19-21,24,29-31,36-46H2,1-18H3,(H,77,93)(H,78,94)(H,79,95)(H,80,96)/t50-,51-,52+,55-,56-,57-,58-,59-,60-,61+,64-,65-,66-/m0/s1. The van der Waals surface area contributed by atoms with Crippen LogP contribution in [-0.4, -0.2) is 262 Å². The second-order valence-corrected chi connectivity index (χ2v) is 29.6. The summed E-state index contributed by atoms with van der Waals surface area (Å²) >= 11 is 0. The zero-order valence-corrected chi connectivity index (χ0v) is 64.1. The smallest absolute Gasteiger partial charge is 0.248 e. The van der Waals surface area contributed by atoms with E-state index in [1.165, 1.54) is 87.7 Å². The Bertz CT molecular complexity index is 3110. The maximum absolute atomic E-state index is 15.7. The Hall–Kier alpha value is -8.00. The number of amides is 12. The molecule has 26 heteroatoms. The highest BCUT2D eigenvalue weighted by molar-refractivity contribution is 6.00. The van der Waals surface area contributed by atoms with Crippen molar-refractivity contribution in [3.8, 4) is 0 Å². The number of rotatable bonds is 18. The summed E-state index contributed by atoms with van der Waals surface area (Å²) in [5.41, 5.74) is 1.27. The first-order valence-corrected chi connectivity index (χ1v) is 36.8. The van der Waals surface area contributed by atoms with Gasteiger partial charge in [-0.1, -0.05) is 142 Å². The van der Waals surface area contributed by atoms with E-state index in [2.05, 4.69) is 21.3 Å². The minimum Gasteiger partial charge on any atom is -0.391 e. The molecule has 0 aliphatic carbocycles. The molecule has 102 heavy (non-hydrogen) atoms. The molecule has 0 radical (unpaired) electrons. The van der Waals surface area contributed by atoms with Gasteiger partial charge in [-0.15, -0.1) is 0 Å². The molecule has 4 rings (SSSR count). The van der Waals surface area contributed by atoms with Crippen molar-refractivity contribution in [2.24, 2.45) is 23.7 Å². The number of piperidine rings is 1. The van der Waals surface area contributed by atoms with Crippen molar-refractivity contribution < 1.29 is 67.7 Å². The fourth-order valence-corrected chi connectivity index (χ4v) is 13.1. The third-order valence-electron chi connectivity index (χ3n) is 20.1. The lowest BCUT2D eigenvalue weighted by atomic mass is 9.94. The third kappa shape index (κ3) is 24.6. The van der Waals surface area contributed by atoms with E-state index < -0.39 is 156 Å². The van der Waals surface area contributed by atoms with Gasteiger partial charge in [0.15, 0.2) is 0 Å². The molecule has 0 saturated carbocycles. The number of hydrogen-bond donors (Lipinski definition) is 6. The van der Waals surface area contributed by atoms with Gasteiger partial charge in [-0.25, -0.2) is 0 Å². The van der Waals surface area contributed by atoms with Crippen LogP contribution in [0.4, 0.5) is 0 Å². The average Bonchev–Trinajstić information content (AvgIpc) is 0.836. The molecule has 26 nitrogen and oxygen atoms in total. The number of nitrogens with one attached hydrogen (secondary N) is 4. The SMILES string of the molecule is CCCC[C@@H](O)[C@@H]1NC(=O)[C@H](Cc2ccccc2)N(C)C(=O)[C@H](Cc2ccccc2)N(C)C(=O)[C@H]([C@@H](C)CC)NC(=O)[C@H](CC(C)C)N(C)C(=O)CCCN(C)C(=O)C[C@@H](C(=O)N2CCCCC2)NC(=O)[C@H](CC(C)C)N(C)C(=O)[C@H](C)N(C)C(=O)[C@H]([C@@H](C)O)NC(=O)[C@H](CC(C)C)N(C)C1=O. The molecule has 2 heterocycles. The van der Waals surface area contributed by atoms with E-state index in [1.54, 1.807) is 86.3 Å². The summed E-state index contributed by atoms with van der Waals surface area (Å²) in [5.74, 6) is -9.54. The number of aliphatic hydroxyl groups is 2. The topological polar surface area (TPSA) is 319 Å². The molecule has 2 aliphatic rings. The Balaban J connectivity index is 1.95. The van der Waals surface area contributed by atoms with Gasteiger partial charge < -0.3 is 70.7 Å². The highest BCUT2D eigenvalue weighted by Gasteiger charge is 2.45. The molecule has 570 valence electrons. The molecule has 6 N–H and O–H groups in total. The minimum absolute atomic E-state index is 0.0165. The molecule has 12 amide bonds. The Morgan fingerprint density at radius 2 is 0.892 bits per heavy atom. The lowest BCUT2D eigenvalue weighted by Gasteiger charge is -2.38. The second kappa shape index (κ2) is 41.3. The van der Waals surface area contributed by atoms with Crippen LogP contribution in [0, 0.1) is 23.7 Å². The average molecular weight is 1430 g/mol. The van der Waals surface area contributed by atoms with Crippen LogP contribution >= 0.6 is 0 Å². The number of unbranched alkanes of at least 4 members (excludes halogenated alkanes) is 1. The maximum atomic E-state index is 15.7. The van der Waals surface area contributed by atoms with Gasteiger partial charge in [0, 0.05) is 88.2 Å². The first-order chi connectivity index (χ1) is 48.0. The van der Waals surface area contributed by atoms with E-state index in [-0.39, 0.29) is 75.7 Å². The molecule has 2 saturated heterocycles. The lowest BCUT2D eigenvalue weighted by molar-refractivity contribution is -0.151. The molecule has 0 spiro atoms. The van der Waals surface area contributed by atoms with Crippen molar-refractivity contribution in [1.29, 1.82) is 0 Å². The van der Waals surface area contributed by atoms with Gasteiger partial charge in [0.05, 0.1) is 18.6 Å². The molecule has 0 unspecified atom stereocenters. The van der Waals surface area contributed by atoms with Gasteiger partial charge in [0.25, 0.3) is 0 Å². The van der Waals surface area contributed by atoms with Crippen molar-refractivity contribution >= 4 is 70.9 Å². The number of carbonyl (C=O) groups excluding carboxylic acids is 12. The summed E-state index contributed by atoms with van der Waals surface area (Å²) in [4.78, 5) is 189. The van der Waals surface area contributed by atoms with Crippen LogP contribution < -0.4 is 21.3 Å². The fraction of sp³-hybridized carbons (Fsp3) is 0.684. The Labute approximate surface area is 606 Å². The van der Waals surface area contributed by atoms with Crippen molar-refractivity contribution in [2.75, 3.05) is 69.0 Å². The fourth-order valence-electron chi connectivity index (χ4n) is 13.1. The Morgan fingerprint density at radius 1 is 0.471 bits per heavy atom. The van der Waals surface area contributed by atoms with Crippen LogP contribution in [0.1, 0.15) is 171 Å². The summed E-state index contributed by atoms with van der Waals surface area (Å²) in [6.45, 7) is 20.1. The second-order valence-electron chi connectivity index (χ2n) is 29.6. The predicted octanol–water partition coefficient (Wildman–Crippen LogP) is 4.16. The van der Waals surface area contributed by atoms with Gasteiger partial charge in [-0.3, -0.25) is 57.5 Å². The van der Waals surface area contributed by atoms with Crippen molar-refractivity contribution in [2.45, 2.75) is 245 Å². The third-order valence-corrected chi connectivity index (χ3v) is 20.1. The van der Waals surface area contributed by atoms with Crippen molar-refractivity contribution in [3.63, 3.8) is 0 Å². The minimum atomic E-state index is -1.73. The van der Waals surface area contributed by atoms with Crippen LogP contribution in [-0.2, 0) is 70.4 Å². The Morgan fingerprint density at radius 3 is 1.38 bits per heavy atom. The quantitative estimate of drug-likeness (QED) is 0.122. The van der Waals surface area contributed by atoms with Gasteiger partial charge >= 0.3 is 0 Å². The summed E-state index contributed by atoms with van der Waals surface area (Å²) < 4.78 is 0. The van der Waals surface area contributed by atoms with E-state index in [4.69, 9.17) is 0 Å². The maximum Gasteiger partial charge on any atom is 0.248 e. The van der Waals surface area contributed by atoms with Crippen LogP contribution in [0.3, 0.4) is 0 Å². The molecular weight excluding hydrogens is 1300 g/mol. The van der Waals surface area contributed by atoms with Gasteiger partial charge in [-0.05, 0) is 100 Å². The molecular formula is C76H122N12O14. The molecule has 0 bridgehead atoms. The van der Waals surface area contributed by atoms with E-state index in [9.17, 15) is 48.6 Å². The predicted molar refractivity (Wildman–Crippen MR) is 390 cm³/mol. The largest absolute Gasteiger partial charge is 0.391 e. The van der Waals surface area contributed by atoms with Gasteiger partial charge in [0.2, 0.25) is 70.9 Å². The molecule has 0 aromatic heterocycles. The molecule has 13 atom stereocenters. The summed E-state index contributed by atoms with van der Waals surface area (Å²) in [6, 6.07) is 3.91. The monoisotopic (exact) mass is 1430 g/mol. The number of likely N-dealkylation sites (N-methyl/N-ethyl adjacent to an activating group) is 6.